The highest BCUT2D eigenvalue weighted by molar-refractivity contribution is 7.80. The van der Waals surface area contributed by atoms with Gasteiger partial charge in [0.15, 0.2) is 5.11 Å². The number of hydrogen-bond donors (Lipinski definition) is 1. The van der Waals surface area contributed by atoms with Gasteiger partial charge in [-0.3, -0.25) is 19.3 Å². The lowest BCUT2D eigenvalue weighted by Gasteiger charge is -2.27. The molecule has 0 aromatic heterocycles. The van der Waals surface area contributed by atoms with Crippen molar-refractivity contribution in [3.05, 3.63) is 93.5 Å². The summed E-state index contributed by atoms with van der Waals surface area (Å²) in [7, 11) is 1.49. The van der Waals surface area contributed by atoms with Gasteiger partial charge in [0, 0.05) is 6.54 Å². The Balaban J connectivity index is 1.52. The van der Waals surface area contributed by atoms with Crippen molar-refractivity contribution in [2.75, 3.05) is 25.5 Å². The molecule has 0 bridgehead atoms. The molecule has 0 fully saturated rings. The fourth-order valence-electron chi connectivity index (χ4n) is 3.56. The summed E-state index contributed by atoms with van der Waals surface area (Å²) in [5.41, 5.74) is 2.03. The maximum absolute atomic E-state index is 12.8. The molecule has 2 amide bonds. The number of rotatable bonds is 8. The molecule has 180 valence electrons. The monoisotopic (exact) mass is 529 g/mol. The predicted molar refractivity (Wildman–Crippen MR) is 139 cm³/mol. The number of anilines is 1. The first-order valence-electron chi connectivity index (χ1n) is 10.6. The topological polar surface area (TPSA) is 71.1 Å². The molecule has 1 aliphatic heterocycles. The fourth-order valence-corrected chi connectivity index (χ4v) is 4.35. The highest BCUT2D eigenvalue weighted by Crippen LogP contribution is 2.37. The molecule has 0 saturated carbocycles. The van der Waals surface area contributed by atoms with Gasteiger partial charge >= 0.3 is 0 Å². The van der Waals surface area contributed by atoms with E-state index in [1.165, 1.54) is 17.1 Å². The zero-order chi connectivity index (χ0) is 24.9. The molecule has 0 aliphatic carbocycles. The van der Waals surface area contributed by atoms with E-state index in [1.54, 1.807) is 36.4 Å². The predicted octanol–water partition coefficient (Wildman–Crippen LogP) is 5.43. The van der Waals surface area contributed by atoms with E-state index in [2.05, 4.69) is 5.32 Å². The van der Waals surface area contributed by atoms with Gasteiger partial charge in [0.05, 0.1) is 35.5 Å². The summed E-state index contributed by atoms with van der Waals surface area (Å²) in [5.74, 6) is -0.290. The summed E-state index contributed by atoms with van der Waals surface area (Å²) in [6.07, 6.45) is 0. The number of hydrogen-bond acceptors (Lipinski definition) is 5. The van der Waals surface area contributed by atoms with Crippen molar-refractivity contribution in [3.63, 3.8) is 0 Å². The summed E-state index contributed by atoms with van der Waals surface area (Å²) in [5, 5.41) is 5.14. The Labute approximate surface area is 218 Å². The lowest BCUT2D eigenvalue weighted by atomic mass is 10.1. The zero-order valence-electron chi connectivity index (χ0n) is 18.7. The number of carbonyl (C=O) groups is 2. The number of hydroxylamine groups is 2. The SMILES string of the molecule is COc1ccc(Cl)c(NC(=S)N(CCN2C(=O)c3ccccc3C2=O)OCc2ccccc2)c1Cl. The molecule has 0 unspecified atom stereocenters. The van der Waals surface area contributed by atoms with Gasteiger partial charge in [-0.2, -0.15) is 0 Å². The number of ether oxygens (including phenoxy) is 1. The van der Waals surface area contributed by atoms with E-state index >= 15 is 0 Å². The molecule has 35 heavy (non-hydrogen) atoms. The first-order valence-corrected chi connectivity index (χ1v) is 11.8. The highest BCUT2D eigenvalue weighted by Gasteiger charge is 2.35. The van der Waals surface area contributed by atoms with Gasteiger partial charge in [-0.05, 0) is 42.0 Å². The Kier molecular flexibility index (Phi) is 7.87. The van der Waals surface area contributed by atoms with Crippen molar-refractivity contribution in [1.29, 1.82) is 0 Å². The van der Waals surface area contributed by atoms with Crippen LogP contribution in [0.5, 0.6) is 5.75 Å². The van der Waals surface area contributed by atoms with Crippen molar-refractivity contribution >= 4 is 58.0 Å². The van der Waals surface area contributed by atoms with Crippen LogP contribution in [0.15, 0.2) is 66.7 Å². The minimum absolute atomic E-state index is 0.0581. The molecule has 3 aromatic rings. The van der Waals surface area contributed by atoms with Crippen LogP contribution in [0.1, 0.15) is 26.3 Å². The second kappa shape index (κ2) is 11.0. The van der Waals surface area contributed by atoms with E-state index in [4.69, 9.17) is 45.0 Å². The average Bonchev–Trinajstić information content (AvgIpc) is 3.12. The molecule has 0 atom stereocenters. The molecule has 1 N–H and O–H groups in total. The van der Waals surface area contributed by atoms with E-state index in [1.807, 2.05) is 30.3 Å². The van der Waals surface area contributed by atoms with Gasteiger partial charge in [-0.1, -0.05) is 65.7 Å². The first kappa shape index (κ1) is 24.9. The number of benzene rings is 3. The second-order valence-corrected chi connectivity index (χ2v) is 8.71. The number of halogens is 2. The number of fused-ring (bicyclic) bond motifs is 1. The van der Waals surface area contributed by atoms with Crippen LogP contribution >= 0.6 is 35.4 Å². The van der Waals surface area contributed by atoms with Crippen molar-refractivity contribution in [2.24, 2.45) is 0 Å². The third kappa shape index (κ3) is 5.41. The van der Waals surface area contributed by atoms with E-state index < -0.39 is 0 Å². The summed E-state index contributed by atoms with van der Waals surface area (Å²) in [6.45, 7) is 0.385. The van der Waals surface area contributed by atoms with Gasteiger partial charge in [0.25, 0.3) is 11.8 Å². The van der Waals surface area contributed by atoms with Gasteiger partial charge in [-0.25, -0.2) is 5.06 Å². The average molecular weight is 530 g/mol. The minimum Gasteiger partial charge on any atom is -0.495 e. The Bertz CT molecular complexity index is 1240. The fraction of sp³-hybridized carbons (Fsp3) is 0.160. The molecule has 0 radical (unpaired) electrons. The van der Waals surface area contributed by atoms with Crippen LogP contribution in [0.3, 0.4) is 0 Å². The summed E-state index contributed by atoms with van der Waals surface area (Å²) in [4.78, 5) is 32.7. The minimum atomic E-state index is -0.355. The molecule has 0 spiro atoms. The molecule has 1 aliphatic rings. The molecule has 10 heteroatoms. The summed E-state index contributed by atoms with van der Waals surface area (Å²) >= 11 is 18.3. The van der Waals surface area contributed by atoms with E-state index in [9.17, 15) is 9.59 Å². The zero-order valence-corrected chi connectivity index (χ0v) is 21.0. The molecule has 1 heterocycles. The van der Waals surface area contributed by atoms with Gasteiger partial charge in [0.1, 0.15) is 17.4 Å². The third-order valence-corrected chi connectivity index (χ3v) is 6.36. The van der Waals surface area contributed by atoms with Crippen molar-refractivity contribution in [2.45, 2.75) is 6.61 Å². The summed E-state index contributed by atoms with van der Waals surface area (Å²) in [6, 6.07) is 19.5. The lowest BCUT2D eigenvalue weighted by molar-refractivity contribution is -0.110. The van der Waals surface area contributed by atoms with Gasteiger partial charge < -0.3 is 10.1 Å². The number of amides is 2. The van der Waals surface area contributed by atoms with E-state index in [-0.39, 0.29) is 41.6 Å². The van der Waals surface area contributed by atoms with Crippen LogP contribution < -0.4 is 10.1 Å². The van der Waals surface area contributed by atoms with Crippen LogP contribution in [0.25, 0.3) is 0 Å². The Morgan fingerprint density at radius 3 is 2.23 bits per heavy atom. The Morgan fingerprint density at radius 2 is 1.60 bits per heavy atom. The number of thiocarbonyl (C=S) groups is 1. The first-order chi connectivity index (χ1) is 16.9. The third-order valence-electron chi connectivity index (χ3n) is 5.37. The molecule has 3 aromatic carbocycles. The van der Waals surface area contributed by atoms with Crippen LogP contribution in [-0.4, -0.2) is 47.1 Å². The number of carbonyl (C=O) groups excluding carboxylic acids is 2. The number of nitrogens with zero attached hydrogens (tertiary/aromatic N) is 2. The standard InChI is InChI=1S/C25H21Cl2N3O4S/c1-33-20-12-11-19(26)22(21(20)27)28-25(35)30(34-15-16-7-3-2-4-8-16)14-13-29-23(31)17-9-5-6-10-18(17)24(29)32/h2-12H,13-15H2,1H3,(H,28,35). The van der Waals surface area contributed by atoms with Crippen molar-refractivity contribution < 1.29 is 19.2 Å². The van der Waals surface area contributed by atoms with Gasteiger partial charge in [0.2, 0.25) is 0 Å². The Hall–Kier alpha value is -3.17. The second-order valence-electron chi connectivity index (χ2n) is 7.54. The quantitative estimate of drug-likeness (QED) is 0.237. The number of imide groups is 1. The molecule has 0 saturated heterocycles. The number of nitrogens with one attached hydrogen (secondary N) is 1. The molecule has 4 rings (SSSR count). The molecular weight excluding hydrogens is 509 g/mol. The normalized spacial score (nSPS) is 12.5. The van der Waals surface area contributed by atoms with Crippen LogP contribution in [0, 0.1) is 0 Å². The summed E-state index contributed by atoms with van der Waals surface area (Å²) < 4.78 is 5.26. The smallest absolute Gasteiger partial charge is 0.261 e. The van der Waals surface area contributed by atoms with Crippen LogP contribution in [0.4, 0.5) is 5.69 Å². The lowest BCUT2D eigenvalue weighted by Crippen LogP contribution is -2.42. The molecule has 7 nitrogen and oxygen atoms in total. The maximum atomic E-state index is 12.8. The maximum Gasteiger partial charge on any atom is 0.261 e. The van der Waals surface area contributed by atoms with Crippen molar-refractivity contribution in [3.8, 4) is 5.75 Å². The van der Waals surface area contributed by atoms with E-state index in [0.29, 0.717) is 27.6 Å². The van der Waals surface area contributed by atoms with Gasteiger partial charge in [-0.15, -0.1) is 0 Å². The number of methoxy groups -OCH3 is 1. The largest absolute Gasteiger partial charge is 0.495 e. The van der Waals surface area contributed by atoms with Crippen molar-refractivity contribution in [1.82, 2.24) is 9.96 Å². The van der Waals surface area contributed by atoms with E-state index in [0.717, 1.165) is 5.56 Å². The highest BCUT2D eigenvalue weighted by atomic mass is 35.5. The molecular formula is C25H21Cl2N3O4S. The van der Waals surface area contributed by atoms with Crippen LogP contribution in [-0.2, 0) is 11.4 Å². The van der Waals surface area contributed by atoms with Crippen LogP contribution in [0.2, 0.25) is 10.0 Å². The Morgan fingerprint density at radius 1 is 0.971 bits per heavy atom.